The van der Waals surface area contributed by atoms with E-state index in [1.54, 1.807) is 44.2 Å². The van der Waals surface area contributed by atoms with E-state index in [2.05, 4.69) is 20.9 Å². The van der Waals surface area contributed by atoms with Crippen molar-refractivity contribution in [1.29, 1.82) is 0 Å². The average Bonchev–Trinajstić information content (AvgIpc) is 3.63. The van der Waals surface area contributed by atoms with Gasteiger partial charge >= 0.3 is 6.09 Å². The molecule has 2 aliphatic rings. The number of carbonyl (C=O) groups is 5. The number of β-amino-alcohol motifs (C(OH)–C–C–N with tert-alkyl or cyclic N) is 1. The third kappa shape index (κ3) is 12.4. The second-order valence-corrected chi connectivity index (χ2v) is 19.2. The van der Waals surface area contributed by atoms with Gasteiger partial charge in [-0.25, -0.2) is 9.78 Å². The number of primary amides is 1. The molecule has 14 nitrogen and oxygen atoms in total. The Hall–Kier alpha value is -4.73. The largest absolute Gasteiger partial charge is 0.490 e. The number of thiazole rings is 1. The number of amides is 5. The molecule has 3 aromatic rings. The molecule has 1 aromatic heterocycles. The van der Waals surface area contributed by atoms with Crippen molar-refractivity contribution < 1.29 is 38.6 Å². The summed E-state index contributed by atoms with van der Waals surface area (Å²) in [6.07, 6.45) is 1.26. The molecule has 2 heterocycles. The molecule has 2 aromatic carbocycles. The van der Waals surface area contributed by atoms with Gasteiger partial charge in [0.1, 0.15) is 30.0 Å². The van der Waals surface area contributed by atoms with Gasteiger partial charge in [-0.05, 0) is 88.0 Å². The fourth-order valence-corrected chi connectivity index (χ4v) is 8.37. The second-order valence-electron chi connectivity index (χ2n) is 17.9. The molecule has 5 amide bonds. The minimum atomic E-state index is -0.958. The van der Waals surface area contributed by atoms with Gasteiger partial charge in [0.2, 0.25) is 23.6 Å². The Bertz CT molecular complexity index is 2020. The number of ether oxygens (including phenoxy) is 2. The highest BCUT2D eigenvalue weighted by molar-refractivity contribution is 7.13. The van der Waals surface area contributed by atoms with Crippen LogP contribution in [0.5, 0.6) is 5.75 Å². The molecule has 0 radical (unpaired) electrons. The number of aryl methyl sites for hydroxylation is 2. The zero-order valence-electron chi connectivity index (χ0n) is 35.6. The highest BCUT2D eigenvalue weighted by atomic mass is 35.5. The number of halogens is 1. The number of rotatable bonds is 17. The summed E-state index contributed by atoms with van der Waals surface area (Å²) in [6.45, 7) is 12.7. The van der Waals surface area contributed by atoms with Crippen LogP contribution in [-0.2, 0) is 35.9 Å². The van der Waals surface area contributed by atoms with Crippen LogP contribution in [0.1, 0.15) is 103 Å². The predicted octanol–water partition coefficient (Wildman–Crippen LogP) is 5.93. The van der Waals surface area contributed by atoms with Gasteiger partial charge < -0.3 is 41.2 Å². The fourth-order valence-electron chi connectivity index (χ4n) is 7.28. The lowest BCUT2D eigenvalue weighted by molar-refractivity contribution is -0.144. The topological polar surface area (TPSA) is 202 Å². The lowest BCUT2D eigenvalue weighted by Gasteiger charge is -2.35. The van der Waals surface area contributed by atoms with Crippen LogP contribution in [0.2, 0.25) is 5.02 Å². The number of benzene rings is 2. The van der Waals surface area contributed by atoms with E-state index in [9.17, 15) is 29.1 Å². The lowest BCUT2D eigenvalue weighted by Crippen LogP contribution is -2.58. The molecule has 60 heavy (non-hydrogen) atoms. The first-order valence-corrected chi connectivity index (χ1v) is 21.7. The van der Waals surface area contributed by atoms with E-state index in [0.29, 0.717) is 23.6 Å². The summed E-state index contributed by atoms with van der Waals surface area (Å²) in [5.74, 6) is -1.25. The molecule has 4 atom stereocenters. The summed E-state index contributed by atoms with van der Waals surface area (Å²) in [5.41, 5.74) is 8.94. The molecule has 0 spiro atoms. The van der Waals surface area contributed by atoms with Crippen LogP contribution in [0, 0.1) is 12.3 Å². The van der Waals surface area contributed by atoms with Crippen LogP contribution in [0.3, 0.4) is 0 Å². The molecule has 1 aliphatic carbocycles. The lowest BCUT2D eigenvalue weighted by atomic mass is 9.85. The Labute approximate surface area is 361 Å². The Morgan fingerprint density at radius 3 is 2.33 bits per heavy atom. The van der Waals surface area contributed by atoms with Crippen molar-refractivity contribution in [3.05, 3.63) is 69.8 Å². The minimum absolute atomic E-state index is 0.000129. The first kappa shape index (κ1) is 46.3. The number of aliphatic hydroxyl groups excluding tert-OH is 1. The summed E-state index contributed by atoms with van der Waals surface area (Å²) in [4.78, 5) is 72.3. The van der Waals surface area contributed by atoms with Crippen LogP contribution < -0.4 is 26.4 Å². The molecule has 1 saturated heterocycles. The number of aliphatic hydroxyl groups is 1. The number of carbonyl (C=O) groups excluding carboxylic acids is 5. The molecule has 1 aliphatic heterocycles. The number of nitrogens with two attached hydrogens (primary N) is 1. The van der Waals surface area contributed by atoms with E-state index in [1.807, 2.05) is 63.5 Å². The molecule has 2 fully saturated rings. The predicted molar refractivity (Wildman–Crippen MR) is 230 cm³/mol. The highest BCUT2D eigenvalue weighted by Gasteiger charge is 2.50. The zero-order valence-corrected chi connectivity index (χ0v) is 37.1. The van der Waals surface area contributed by atoms with Gasteiger partial charge in [0.05, 0.1) is 38.8 Å². The SMILES string of the molecule is Cc1ncsc1-c1ccc(C2(NC(=O)[C@@H]3C[C@@H](O)CN3C(=O)[C@@H](NC(=O)CCCc3cccc(OC[C@H](CCC(N)=O)NC(=O)OC(C)(C)C)c3Cl)C(C)(C)C)CC2)cc1. The Kier molecular flexibility index (Phi) is 14.9. The van der Waals surface area contributed by atoms with Gasteiger partial charge in [0.25, 0.3) is 0 Å². The third-order valence-electron chi connectivity index (χ3n) is 10.6. The zero-order chi connectivity index (χ0) is 44.0. The van der Waals surface area contributed by atoms with E-state index in [1.165, 1.54) is 4.90 Å². The van der Waals surface area contributed by atoms with E-state index in [-0.39, 0.29) is 50.6 Å². The number of nitrogens with zero attached hydrogens (tertiary/aromatic N) is 2. The maximum Gasteiger partial charge on any atom is 0.407 e. The molecule has 5 rings (SSSR count). The molecular weight excluding hydrogens is 808 g/mol. The van der Waals surface area contributed by atoms with Crippen molar-refractivity contribution in [2.45, 2.75) is 135 Å². The molecule has 6 N–H and O–H groups in total. The minimum Gasteiger partial charge on any atom is -0.490 e. The molecule has 0 bridgehead atoms. The Morgan fingerprint density at radius 1 is 1.03 bits per heavy atom. The van der Waals surface area contributed by atoms with Crippen LogP contribution >= 0.6 is 22.9 Å². The van der Waals surface area contributed by atoms with E-state index in [4.69, 9.17) is 26.8 Å². The van der Waals surface area contributed by atoms with Crippen molar-refractivity contribution in [2.24, 2.45) is 11.1 Å². The first-order valence-electron chi connectivity index (χ1n) is 20.4. The highest BCUT2D eigenvalue weighted by Crippen LogP contribution is 2.46. The van der Waals surface area contributed by atoms with Crippen LogP contribution in [-0.4, -0.2) is 87.7 Å². The number of hydrogen-bond donors (Lipinski definition) is 5. The van der Waals surface area contributed by atoms with Crippen LogP contribution in [0.4, 0.5) is 4.79 Å². The van der Waals surface area contributed by atoms with Crippen molar-refractivity contribution in [2.75, 3.05) is 13.2 Å². The van der Waals surface area contributed by atoms with Gasteiger partial charge in [-0.1, -0.05) is 68.8 Å². The number of nitrogens with one attached hydrogen (secondary N) is 3. The summed E-state index contributed by atoms with van der Waals surface area (Å²) < 4.78 is 11.3. The maximum atomic E-state index is 14.2. The molecule has 326 valence electrons. The fraction of sp³-hybridized carbons (Fsp3) is 0.545. The first-order chi connectivity index (χ1) is 28.2. The normalized spacial score (nSPS) is 18.2. The number of hydrogen-bond acceptors (Lipinski definition) is 10. The van der Waals surface area contributed by atoms with Crippen molar-refractivity contribution >= 4 is 52.7 Å². The van der Waals surface area contributed by atoms with Crippen molar-refractivity contribution in [3.63, 3.8) is 0 Å². The Balaban J connectivity index is 1.17. The van der Waals surface area contributed by atoms with Gasteiger partial charge in [-0.3, -0.25) is 19.2 Å². The van der Waals surface area contributed by atoms with Crippen LogP contribution in [0.15, 0.2) is 48.0 Å². The van der Waals surface area contributed by atoms with E-state index in [0.717, 1.165) is 40.1 Å². The van der Waals surface area contributed by atoms with E-state index >= 15 is 0 Å². The standard InChI is InChI=1S/C44H59ClN6O8S/c1-26-37(60-25-47-26)28-14-16-29(17-15-28)44(20-21-44)50-39(55)32-22-31(52)23-51(32)40(56)38(42(2,3)4)49-35(54)13-9-11-27-10-8-12-33(36(27)45)58-24-30(18-19-34(46)53)48-41(57)59-43(5,6)7/h8,10,12,14-17,25,30-32,38,52H,9,11,13,18-24H2,1-7H3,(H2,46,53)(H,48,57)(H,49,54)(H,50,55)/t30-,31+,32-,38+/m0/s1. The quantitative estimate of drug-likeness (QED) is 0.109. The average molecular weight is 868 g/mol. The van der Waals surface area contributed by atoms with Gasteiger partial charge in [-0.15, -0.1) is 11.3 Å². The van der Waals surface area contributed by atoms with Gasteiger partial charge in [-0.2, -0.15) is 0 Å². The van der Waals surface area contributed by atoms with Crippen molar-refractivity contribution in [1.82, 2.24) is 25.8 Å². The molecule has 1 saturated carbocycles. The van der Waals surface area contributed by atoms with Crippen LogP contribution in [0.25, 0.3) is 10.4 Å². The number of alkyl carbamates (subject to hydrolysis) is 1. The second kappa shape index (κ2) is 19.3. The van der Waals surface area contributed by atoms with Crippen molar-refractivity contribution in [3.8, 4) is 16.2 Å². The summed E-state index contributed by atoms with van der Waals surface area (Å²) >= 11 is 8.31. The smallest absolute Gasteiger partial charge is 0.407 e. The Morgan fingerprint density at radius 2 is 1.73 bits per heavy atom. The van der Waals surface area contributed by atoms with E-state index < -0.39 is 58.7 Å². The molecule has 16 heteroatoms. The summed E-state index contributed by atoms with van der Waals surface area (Å²) in [5, 5.41) is 19.9. The summed E-state index contributed by atoms with van der Waals surface area (Å²) in [7, 11) is 0. The van der Waals surface area contributed by atoms with Gasteiger partial charge in [0, 0.05) is 25.8 Å². The molecule has 0 unspecified atom stereocenters. The number of likely N-dealkylation sites (tertiary alicyclic amines) is 1. The van der Waals surface area contributed by atoms with Gasteiger partial charge in [0.15, 0.2) is 0 Å². The summed E-state index contributed by atoms with van der Waals surface area (Å²) in [6, 6.07) is 11.0. The monoisotopic (exact) mass is 866 g/mol. The molecular formula is C44H59ClN6O8S. The third-order valence-corrected chi connectivity index (χ3v) is 12.0. The maximum absolute atomic E-state index is 14.2. The number of aromatic nitrogens is 1.